The van der Waals surface area contributed by atoms with Gasteiger partial charge in [0.25, 0.3) is 5.91 Å². The number of aromatic nitrogens is 1. The lowest BCUT2D eigenvalue weighted by Gasteiger charge is -2.30. The Bertz CT molecular complexity index is 1330. The lowest BCUT2D eigenvalue weighted by Crippen LogP contribution is -2.42. The molecule has 0 saturated carbocycles. The van der Waals surface area contributed by atoms with E-state index in [0.717, 1.165) is 15.8 Å². The van der Waals surface area contributed by atoms with E-state index >= 15 is 0 Å². The van der Waals surface area contributed by atoms with Gasteiger partial charge in [-0.05, 0) is 44.0 Å². The third-order valence-electron chi connectivity index (χ3n) is 5.44. The van der Waals surface area contributed by atoms with E-state index in [2.05, 4.69) is 10.9 Å². The molecular formula is C23H23N3O3S2. The summed E-state index contributed by atoms with van der Waals surface area (Å²) in [5, 5.41) is 0. The van der Waals surface area contributed by atoms with Crippen LogP contribution in [0.3, 0.4) is 0 Å². The van der Waals surface area contributed by atoms with Crippen LogP contribution in [-0.4, -0.2) is 36.3 Å². The van der Waals surface area contributed by atoms with Gasteiger partial charge in [0.15, 0.2) is 4.80 Å². The number of amides is 1. The van der Waals surface area contributed by atoms with Crippen molar-refractivity contribution in [2.24, 2.45) is 10.9 Å². The van der Waals surface area contributed by atoms with Crippen LogP contribution in [0.4, 0.5) is 0 Å². The van der Waals surface area contributed by atoms with Gasteiger partial charge in [0.2, 0.25) is 10.0 Å². The molecule has 2 aromatic carbocycles. The number of carbonyl (C=O) groups is 1. The summed E-state index contributed by atoms with van der Waals surface area (Å²) in [4.78, 5) is 18.2. The van der Waals surface area contributed by atoms with E-state index in [9.17, 15) is 13.2 Å². The number of sulfonamides is 1. The van der Waals surface area contributed by atoms with E-state index in [4.69, 9.17) is 6.42 Å². The van der Waals surface area contributed by atoms with Crippen LogP contribution in [0.1, 0.15) is 18.4 Å². The molecule has 1 atom stereocenters. The predicted octanol–water partition coefficient (Wildman–Crippen LogP) is 3.17. The van der Waals surface area contributed by atoms with Crippen molar-refractivity contribution in [2.75, 3.05) is 13.1 Å². The maximum absolute atomic E-state index is 13.0. The maximum Gasteiger partial charge on any atom is 0.252 e. The molecule has 1 unspecified atom stereocenters. The van der Waals surface area contributed by atoms with Crippen LogP contribution in [0, 0.1) is 25.2 Å². The Balaban J connectivity index is 1.61. The summed E-state index contributed by atoms with van der Waals surface area (Å²) in [7, 11) is -3.65. The lowest BCUT2D eigenvalue weighted by molar-refractivity contribution is -0.122. The largest absolute Gasteiger partial charge is 0.305 e. The molecule has 0 radical (unpaired) electrons. The molecule has 1 aliphatic heterocycles. The summed E-state index contributed by atoms with van der Waals surface area (Å²) in [5.74, 6) is 1.84. The number of aryl methyl sites for hydroxylation is 1. The standard InChI is InChI=1S/C23H23N3O3S2/c1-3-14-26-20-8-4-5-9-21(20)30-23(26)24-22(27)18-7-6-15-25(16-18)31(28,29)19-12-10-17(2)11-13-19/h1,4-5,8-13,18H,6-7,14-16H2,2H3. The van der Waals surface area contributed by atoms with Gasteiger partial charge in [0, 0.05) is 13.1 Å². The highest BCUT2D eigenvalue weighted by molar-refractivity contribution is 7.89. The van der Waals surface area contributed by atoms with Crippen molar-refractivity contribution in [1.82, 2.24) is 8.87 Å². The number of nitrogens with zero attached hydrogens (tertiary/aromatic N) is 3. The molecule has 1 fully saturated rings. The van der Waals surface area contributed by atoms with Gasteiger partial charge in [-0.1, -0.05) is 47.1 Å². The highest BCUT2D eigenvalue weighted by Crippen LogP contribution is 2.25. The van der Waals surface area contributed by atoms with E-state index in [1.54, 1.807) is 24.3 Å². The third-order valence-corrected chi connectivity index (χ3v) is 8.37. The van der Waals surface area contributed by atoms with Gasteiger partial charge in [0.1, 0.15) is 0 Å². The third kappa shape index (κ3) is 4.35. The Hall–Kier alpha value is -2.73. The molecular weight excluding hydrogens is 430 g/mol. The first-order chi connectivity index (χ1) is 14.9. The first-order valence-electron chi connectivity index (χ1n) is 10.1. The van der Waals surface area contributed by atoms with Crippen molar-refractivity contribution in [3.8, 4) is 12.3 Å². The van der Waals surface area contributed by atoms with Gasteiger partial charge < -0.3 is 4.57 Å². The smallest absolute Gasteiger partial charge is 0.252 e. The number of para-hydroxylation sites is 1. The molecule has 160 valence electrons. The Labute approximate surface area is 185 Å². The van der Waals surface area contributed by atoms with Crippen molar-refractivity contribution < 1.29 is 13.2 Å². The minimum Gasteiger partial charge on any atom is -0.305 e. The molecule has 31 heavy (non-hydrogen) atoms. The van der Waals surface area contributed by atoms with Crippen molar-refractivity contribution in [3.63, 3.8) is 0 Å². The average Bonchev–Trinajstić information content (AvgIpc) is 3.11. The summed E-state index contributed by atoms with van der Waals surface area (Å²) in [5.41, 5.74) is 1.93. The van der Waals surface area contributed by atoms with E-state index in [1.807, 2.05) is 35.8 Å². The van der Waals surface area contributed by atoms with Gasteiger partial charge in [-0.15, -0.1) is 6.42 Å². The number of fused-ring (bicyclic) bond motifs is 1. The van der Waals surface area contributed by atoms with E-state index in [1.165, 1.54) is 15.6 Å². The van der Waals surface area contributed by atoms with Gasteiger partial charge >= 0.3 is 0 Å². The molecule has 0 aliphatic carbocycles. The molecule has 8 heteroatoms. The molecule has 1 aliphatic rings. The number of rotatable bonds is 4. The second-order valence-electron chi connectivity index (χ2n) is 7.61. The van der Waals surface area contributed by atoms with Crippen molar-refractivity contribution in [3.05, 3.63) is 58.9 Å². The zero-order chi connectivity index (χ0) is 22.0. The molecule has 2 heterocycles. The van der Waals surface area contributed by atoms with E-state index in [-0.39, 0.29) is 17.3 Å². The fourth-order valence-electron chi connectivity index (χ4n) is 3.76. The summed E-state index contributed by atoms with van der Waals surface area (Å²) >= 11 is 1.41. The molecule has 4 rings (SSSR count). The number of hydrogen-bond donors (Lipinski definition) is 0. The summed E-state index contributed by atoms with van der Waals surface area (Å²) in [6.07, 6.45) is 6.75. The SMILES string of the molecule is C#CCn1c(=NC(=O)C2CCCN(S(=O)(=O)c3ccc(C)cc3)C2)sc2ccccc21. The van der Waals surface area contributed by atoms with Crippen LogP contribution in [0.25, 0.3) is 10.2 Å². The van der Waals surface area contributed by atoms with Crippen LogP contribution in [0.15, 0.2) is 58.4 Å². The van der Waals surface area contributed by atoms with Gasteiger partial charge in [-0.25, -0.2) is 8.42 Å². The second kappa shape index (κ2) is 8.79. The minimum absolute atomic E-state index is 0.137. The molecule has 0 bridgehead atoms. The Morgan fingerprint density at radius 1 is 1.23 bits per heavy atom. The van der Waals surface area contributed by atoms with E-state index in [0.29, 0.717) is 30.7 Å². The van der Waals surface area contributed by atoms with Crippen molar-refractivity contribution in [1.29, 1.82) is 0 Å². The molecule has 0 spiro atoms. The highest BCUT2D eigenvalue weighted by Gasteiger charge is 2.33. The van der Waals surface area contributed by atoms with Crippen LogP contribution >= 0.6 is 11.3 Å². The summed E-state index contributed by atoms with van der Waals surface area (Å²) in [6.45, 7) is 2.77. The number of thiazole rings is 1. The lowest BCUT2D eigenvalue weighted by atomic mass is 9.99. The van der Waals surface area contributed by atoms with Crippen molar-refractivity contribution >= 4 is 37.5 Å². The molecule has 1 amide bonds. The van der Waals surface area contributed by atoms with E-state index < -0.39 is 15.9 Å². The number of benzene rings is 2. The minimum atomic E-state index is -3.65. The first-order valence-corrected chi connectivity index (χ1v) is 12.3. The monoisotopic (exact) mass is 453 g/mol. The zero-order valence-electron chi connectivity index (χ0n) is 17.2. The number of carbonyl (C=O) groups excluding carboxylic acids is 1. The second-order valence-corrected chi connectivity index (χ2v) is 10.6. The van der Waals surface area contributed by atoms with Crippen LogP contribution in [-0.2, 0) is 21.4 Å². The van der Waals surface area contributed by atoms with Crippen LogP contribution in [0.2, 0.25) is 0 Å². The van der Waals surface area contributed by atoms with Crippen molar-refractivity contribution in [2.45, 2.75) is 31.2 Å². The quantitative estimate of drug-likeness (QED) is 0.570. The molecule has 1 aromatic heterocycles. The van der Waals surface area contributed by atoms with Gasteiger partial charge in [0.05, 0.1) is 27.6 Å². The Kier molecular flexibility index (Phi) is 6.10. The van der Waals surface area contributed by atoms with Gasteiger partial charge in [-0.3, -0.25) is 4.79 Å². The number of terminal acetylenes is 1. The molecule has 3 aromatic rings. The Morgan fingerprint density at radius 3 is 2.71 bits per heavy atom. The molecule has 1 saturated heterocycles. The molecule has 6 nitrogen and oxygen atoms in total. The number of hydrogen-bond acceptors (Lipinski definition) is 4. The highest BCUT2D eigenvalue weighted by atomic mass is 32.2. The van der Waals surface area contributed by atoms with Crippen LogP contribution < -0.4 is 4.80 Å². The fraction of sp³-hybridized carbons (Fsp3) is 0.304. The first kappa shape index (κ1) is 21.5. The summed E-state index contributed by atoms with van der Waals surface area (Å²) in [6, 6.07) is 14.5. The predicted molar refractivity (Wildman–Crippen MR) is 122 cm³/mol. The number of piperidine rings is 1. The Morgan fingerprint density at radius 2 is 1.97 bits per heavy atom. The normalized spacial score (nSPS) is 18.2. The average molecular weight is 454 g/mol. The summed E-state index contributed by atoms with van der Waals surface area (Å²) < 4.78 is 30.3. The maximum atomic E-state index is 13.0. The fourth-order valence-corrected chi connectivity index (χ4v) is 6.32. The van der Waals surface area contributed by atoms with Crippen LogP contribution in [0.5, 0.6) is 0 Å². The zero-order valence-corrected chi connectivity index (χ0v) is 18.8. The topological polar surface area (TPSA) is 71.7 Å². The molecule has 0 N–H and O–H groups in total. The van der Waals surface area contributed by atoms with Gasteiger partial charge in [-0.2, -0.15) is 9.30 Å².